The Morgan fingerprint density at radius 3 is 2.18 bits per heavy atom. The maximum Gasteiger partial charge on any atom is 0.306 e. The van der Waals surface area contributed by atoms with Crippen LogP contribution >= 0.6 is 0 Å². The fraction of sp³-hybridized carbons (Fsp3) is 0.529. The van der Waals surface area contributed by atoms with Gasteiger partial charge in [0.05, 0.1) is 13.5 Å². The number of nitrogens with zero attached hydrogens (tertiary/aromatic N) is 1. The lowest BCUT2D eigenvalue weighted by atomic mass is 9.69. The first-order valence-electron chi connectivity index (χ1n) is 7.32. The molecule has 22 heavy (non-hydrogen) atoms. The van der Waals surface area contributed by atoms with Gasteiger partial charge >= 0.3 is 5.97 Å². The van der Waals surface area contributed by atoms with E-state index in [4.69, 9.17) is 9.16 Å². The fourth-order valence-electron chi connectivity index (χ4n) is 2.52. The Morgan fingerprint density at radius 1 is 1.23 bits per heavy atom. The first-order chi connectivity index (χ1) is 10.1. The van der Waals surface area contributed by atoms with Crippen LogP contribution in [0.5, 0.6) is 0 Å². The highest BCUT2D eigenvalue weighted by molar-refractivity contribution is 6.69. The molecule has 1 aromatic carbocycles. The lowest BCUT2D eigenvalue weighted by molar-refractivity contribution is -0.146. The lowest BCUT2D eigenvalue weighted by Gasteiger charge is -2.44. The molecule has 0 bridgehead atoms. The first-order valence-corrected chi connectivity index (χ1v) is 10.7. The van der Waals surface area contributed by atoms with Crippen LogP contribution in [0.3, 0.4) is 0 Å². The van der Waals surface area contributed by atoms with E-state index in [1.165, 1.54) is 7.11 Å². The molecule has 0 amide bonds. The summed E-state index contributed by atoms with van der Waals surface area (Å²) >= 11 is 0. The largest absolute Gasteiger partial charge is 0.469 e. The highest BCUT2D eigenvalue weighted by Gasteiger charge is 2.51. The smallest absolute Gasteiger partial charge is 0.306 e. The maximum atomic E-state index is 11.8. The highest BCUT2D eigenvalue weighted by Crippen LogP contribution is 2.46. The van der Waals surface area contributed by atoms with E-state index in [-0.39, 0.29) is 12.4 Å². The van der Waals surface area contributed by atoms with E-state index in [1.807, 2.05) is 63.8 Å². The topological polar surface area (TPSA) is 59.3 Å². The summed E-state index contributed by atoms with van der Waals surface area (Å²) in [6, 6.07) is 11.8. The van der Waals surface area contributed by atoms with E-state index < -0.39 is 19.3 Å². The van der Waals surface area contributed by atoms with Gasteiger partial charge in [-0.25, -0.2) is 0 Å². The molecule has 1 aromatic rings. The summed E-state index contributed by atoms with van der Waals surface area (Å²) in [5, 5.41) is 10.0. The third-order valence-corrected chi connectivity index (χ3v) is 4.48. The predicted octanol–water partition coefficient (Wildman–Crippen LogP) is 3.85. The van der Waals surface area contributed by atoms with E-state index in [1.54, 1.807) is 0 Å². The quantitative estimate of drug-likeness (QED) is 0.590. The molecule has 0 radical (unpaired) electrons. The van der Waals surface area contributed by atoms with Gasteiger partial charge in [0, 0.05) is 5.41 Å². The zero-order valence-corrected chi connectivity index (χ0v) is 15.3. The normalized spacial score (nSPS) is 14.8. The number of hydrogen-bond donors (Lipinski definition) is 0. The molecule has 4 nitrogen and oxygen atoms in total. The van der Waals surface area contributed by atoms with Crippen LogP contribution in [-0.2, 0) is 19.6 Å². The molecule has 0 aliphatic rings. The Kier molecular flexibility index (Phi) is 5.55. The second kappa shape index (κ2) is 6.63. The van der Waals surface area contributed by atoms with E-state index in [0.29, 0.717) is 0 Å². The zero-order chi connectivity index (χ0) is 17.0. The summed E-state index contributed by atoms with van der Waals surface area (Å²) in [5.41, 5.74) is -1.14. The average molecular weight is 319 g/mol. The van der Waals surface area contributed by atoms with Crippen molar-refractivity contribution in [2.45, 2.75) is 45.5 Å². The molecule has 0 aliphatic carbocycles. The number of ether oxygens (including phenoxy) is 1. The Labute approximate surface area is 134 Å². The molecular weight excluding hydrogens is 294 g/mol. The van der Waals surface area contributed by atoms with Crippen molar-refractivity contribution in [1.82, 2.24) is 0 Å². The number of esters is 1. The van der Waals surface area contributed by atoms with Crippen LogP contribution in [0.4, 0.5) is 0 Å². The van der Waals surface area contributed by atoms with Crippen LogP contribution in [0.15, 0.2) is 30.3 Å². The molecule has 120 valence electrons. The molecular formula is C17H25NO3Si. The summed E-state index contributed by atoms with van der Waals surface area (Å²) < 4.78 is 11.1. The third-order valence-electron chi connectivity index (χ3n) is 3.56. The monoisotopic (exact) mass is 319 g/mol. The summed E-state index contributed by atoms with van der Waals surface area (Å²) in [6.45, 7) is 9.86. The zero-order valence-electron chi connectivity index (χ0n) is 14.3. The Balaban J connectivity index is 3.45. The van der Waals surface area contributed by atoms with Gasteiger partial charge in [0.25, 0.3) is 0 Å². The van der Waals surface area contributed by atoms with Gasteiger partial charge in [-0.2, -0.15) is 5.26 Å². The molecule has 5 heteroatoms. The van der Waals surface area contributed by atoms with E-state index in [0.717, 1.165) is 5.56 Å². The standard InChI is InChI=1S/C17H25NO3Si/c1-16(2,12-15(19)20-3)17(13-18,21-22(4,5)6)14-10-8-7-9-11-14/h7-11H,12H2,1-6H3. The first kappa shape index (κ1) is 18.4. The maximum absolute atomic E-state index is 11.8. The Bertz CT molecular complexity index is 558. The molecule has 0 fully saturated rings. The summed E-state index contributed by atoms with van der Waals surface area (Å²) in [7, 11) is -0.687. The Hall–Kier alpha value is -1.64. The Morgan fingerprint density at radius 2 is 1.77 bits per heavy atom. The molecule has 1 rings (SSSR count). The van der Waals surface area contributed by atoms with Gasteiger partial charge < -0.3 is 9.16 Å². The van der Waals surface area contributed by atoms with Gasteiger partial charge in [-0.05, 0) is 25.2 Å². The van der Waals surface area contributed by atoms with Crippen molar-refractivity contribution in [2.75, 3.05) is 7.11 Å². The van der Waals surface area contributed by atoms with Crippen LogP contribution in [0.1, 0.15) is 25.8 Å². The van der Waals surface area contributed by atoms with E-state index in [2.05, 4.69) is 6.07 Å². The van der Waals surface area contributed by atoms with Crippen molar-refractivity contribution < 1.29 is 14.0 Å². The fourth-order valence-corrected chi connectivity index (χ4v) is 3.87. The predicted molar refractivity (Wildman–Crippen MR) is 88.6 cm³/mol. The van der Waals surface area contributed by atoms with Crippen LogP contribution in [0.2, 0.25) is 19.6 Å². The van der Waals surface area contributed by atoms with Crippen LogP contribution in [-0.4, -0.2) is 21.4 Å². The molecule has 0 spiro atoms. The van der Waals surface area contributed by atoms with Gasteiger partial charge in [-0.15, -0.1) is 0 Å². The molecule has 1 unspecified atom stereocenters. The summed E-state index contributed by atoms with van der Waals surface area (Å²) in [4.78, 5) is 11.8. The summed E-state index contributed by atoms with van der Waals surface area (Å²) in [5.74, 6) is -0.347. The minimum Gasteiger partial charge on any atom is -0.469 e. The van der Waals surface area contributed by atoms with Gasteiger partial charge in [-0.1, -0.05) is 44.2 Å². The van der Waals surface area contributed by atoms with E-state index >= 15 is 0 Å². The van der Waals surface area contributed by atoms with Crippen LogP contribution in [0, 0.1) is 16.7 Å². The number of rotatable bonds is 6. The van der Waals surface area contributed by atoms with Crippen LogP contribution in [0.25, 0.3) is 0 Å². The van der Waals surface area contributed by atoms with Crippen LogP contribution < -0.4 is 0 Å². The van der Waals surface area contributed by atoms with Gasteiger partial charge in [0.15, 0.2) is 13.9 Å². The number of nitriles is 1. The van der Waals surface area contributed by atoms with Gasteiger partial charge in [0.1, 0.15) is 6.07 Å². The second-order valence-electron chi connectivity index (χ2n) is 7.01. The highest BCUT2D eigenvalue weighted by atomic mass is 28.4. The minimum absolute atomic E-state index is 0.108. The molecule has 0 saturated carbocycles. The number of carbonyl (C=O) groups is 1. The number of methoxy groups -OCH3 is 1. The molecule has 1 atom stereocenters. The average Bonchev–Trinajstić information content (AvgIpc) is 2.43. The molecule has 0 N–H and O–H groups in total. The van der Waals surface area contributed by atoms with E-state index in [9.17, 15) is 10.1 Å². The number of carbonyl (C=O) groups excluding carboxylic acids is 1. The molecule has 0 heterocycles. The molecule has 0 saturated heterocycles. The van der Waals surface area contributed by atoms with Crippen molar-refractivity contribution >= 4 is 14.3 Å². The third kappa shape index (κ3) is 3.96. The minimum atomic E-state index is -2.04. The lowest BCUT2D eigenvalue weighted by Crippen LogP contribution is -2.50. The van der Waals surface area contributed by atoms with Crippen molar-refractivity contribution in [3.05, 3.63) is 35.9 Å². The van der Waals surface area contributed by atoms with Crippen molar-refractivity contribution in [3.63, 3.8) is 0 Å². The van der Waals surface area contributed by atoms with Crippen molar-refractivity contribution in [1.29, 1.82) is 5.26 Å². The number of benzene rings is 1. The SMILES string of the molecule is COC(=O)CC(C)(C)C(C#N)(O[Si](C)(C)C)c1ccccc1. The van der Waals surface area contributed by atoms with Gasteiger partial charge in [0.2, 0.25) is 0 Å². The second-order valence-corrected chi connectivity index (χ2v) is 11.4. The number of hydrogen-bond acceptors (Lipinski definition) is 4. The van der Waals surface area contributed by atoms with Gasteiger partial charge in [-0.3, -0.25) is 4.79 Å². The molecule has 0 aromatic heterocycles. The summed E-state index contributed by atoms with van der Waals surface area (Å²) in [6.07, 6.45) is 0.108. The molecule has 0 aliphatic heterocycles. The van der Waals surface area contributed by atoms with Crippen molar-refractivity contribution in [3.8, 4) is 6.07 Å². The van der Waals surface area contributed by atoms with Crippen molar-refractivity contribution in [2.24, 2.45) is 5.41 Å².